The first-order valence-corrected chi connectivity index (χ1v) is 9.61. The molecule has 3 aromatic rings. The Balaban J connectivity index is 1.79. The van der Waals surface area contributed by atoms with Crippen molar-refractivity contribution in [1.82, 2.24) is 0 Å². The third-order valence-electron chi connectivity index (χ3n) is 4.51. The van der Waals surface area contributed by atoms with Crippen LogP contribution in [0.4, 0.5) is 10.5 Å². The number of carbonyl (C=O) groups is 1. The number of benzene rings is 3. The molecule has 0 aromatic heterocycles. The highest BCUT2D eigenvalue weighted by Crippen LogP contribution is 2.32. The van der Waals surface area contributed by atoms with Gasteiger partial charge in [-0.2, -0.15) is 0 Å². The van der Waals surface area contributed by atoms with Crippen LogP contribution < -0.4 is 10.1 Å². The van der Waals surface area contributed by atoms with Crippen LogP contribution in [0, 0.1) is 0 Å². The van der Waals surface area contributed by atoms with Crippen molar-refractivity contribution in [3.63, 3.8) is 0 Å². The third kappa shape index (κ3) is 5.47. The Morgan fingerprint density at radius 2 is 1.69 bits per heavy atom. The van der Waals surface area contributed by atoms with Gasteiger partial charge in [-0.3, -0.25) is 5.32 Å². The van der Waals surface area contributed by atoms with Gasteiger partial charge in [0.05, 0.1) is 12.3 Å². The van der Waals surface area contributed by atoms with E-state index < -0.39 is 12.2 Å². The Labute approximate surface area is 169 Å². The van der Waals surface area contributed by atoms with E-state index >= 15 is 0 Å². The number of ether oxygens (including phenoxy) is 2. The zero-order chi connectivity index (χ0) is 20.5. The zero-order valence-corrected chi connectivity index (χ0v) is 16.1. The minimum absolute atomic E-state index is 0.00946. The van der Waals surface area contributed by atoms with E-state index in [4.69, 9.17) is 14.6 Å². The highest BCUT2D eigenvalue weighted by Gasteiger charge is 2.21. The molecule has 3 aromatic carbocycles. The van der Waals surface area contributed by atoms with Crippen molar-refractivity contribution in [1.29, 1.82) is 0 Å². The van der Waals surface area contributed by atoms with Gasteiger partial charge in [0, 0.05) is 17.6 Å². The molecule has 0 saturated heterocycles. The summed E-state index contributed by atoms with van der Waals surface area (Å²) in [6.07, 6.45) is -0.257. The van der Waals surface area contributed by atoms with E-state index in [1.54, 1.807) is 6.07 Å². The summed E-state index contributed by atoms with van der Waals surface area (Å²) >= 11 is 0. The summed E-state index contributed by atoms with van der Waals surface area (Å²) in [5, 5.41) is 23.0. The molecule has 3 rings (SSSR count). The van der Waals surface area contributed by atoms with Crippen LogP contribution in [0.15, 0.2) is 66.7 Å². The van der Waals surface area contributed by atoms with E-state index in [-0.39, 0.29) is 19.8 Å². The van der Waals surface area contributed by atoms with E-state index in [2.05, 4.69) is 5.32 Å². The molecule has 0 unspecified atom stereocenters. The van der Waals surface area contributed by atoms with Gasteiger partial charge in [0.1, 0.15) is 18.5 Å². The number of rotatable bonds is 9. The average Bonchev–Trinajstić information content (AvgIpc) is 2.75. The molecule has 0 spiro atoms. The van der Waals surface area contributed by atoms with Crippen molar-refractivity contribution in [3.05, 3.63) is 72.3 Å². The number of amides is 1. The Kier molecular flexibility index (Phi) is 7.44. The fourth-order valence-electron chi connectivity index (χ4n) is 3.19. The maximum absolute atomic E-state index is 12.7. The zero-order valence-electron chi connectivity index (χ0n) is 16.1. The van der Waals surface area contributed by atoms with Crippen LogP contribution in [0.2, 0.25) is 0 Å². The maximum Gasteiger partial charge on any atom is 0.412 e. The molecule has 0 aliphatic carbocycles. The largest absolute Gasteiger partial charge is 0.491 e. The first-order valence-electron chi connectivity index (χ1n) is 9.61. The van der Waals surface area contributed by atoms with Crippen LogP contribution in [0.3, 0.4) is 0 Å². The Bertz CT molecular complexity index is 938. The lowest BCUT2D eigenvalue weighted by molar-refractivity contribution is 0.0965. The summed E-state index contributed by atoms with van der Waals surface area (Å²) in [7, 11) is 0. The SMILES string of the molecule is O=C(Nc1cccc2ccccc12)O[C@H](CCCO)c1ccccc1OCCO. The standard InChI is InChI=1S/C23H25NO5/c25-14-6-13-22(19-10-3-4-12-21(19)28-16-15-26)29-23(27)24-20-11-5-8-17-7-1-2-9-18(17)20/h1-5,7-12,22,25-26H,6,13-16H2,(H,24,27)/t22-/m1/s1. The Morgan fingerprint density at radius 1 is 0.931 bits per heavy atom. The molecule has 0 bridgehead atoms. The molecule has 0 heterocycles. The number of carbonyl (C=O) groups excluding carboxylic acids is 1. The maximum atomic E-state index is 12.7. The molecule has 29 heavy (non-hydrogen) atoms. The van der Waals surface area contributed by atoms with Gasteiger partial charge < -0.3 is 19.7 Å². The molecular weight excluding hydrogens is 370 g/mol. The number of fused-ring (bicyclic) bond motifs is 1. The Morgan fingerprint density at radius 3 is 2.52 bits per heavy atom. The molecular formula is C23H25NO5. The van der Waals surface area contributed by atoms with E-state index in [0.717, 1.165) is 10.8 Å². The molecule has 3 N–H and O–H groups in total. The van der Waals surface area contributed by atoms with Crippen molar-refractivity contribution in [2.45, 2.75) is 18.9 Å². The lowest BCUT2D eigenvalue weighted by atomic mass is 10.0. The van der Waals surface area contributed by atoms with Gasteiger partial charge in [0.15, 0.2) is 0 Å². The normalized spacial score (nSPS) is 11.8. The van der Waals surface area contributed by atoms with Crippen molar-refractivity contribution >= 4 is 22.6 Å². The fraction of sp³-hybridized carbons (Fsp3) is 0.261. The second-order valence-corrected chi connectivity index (χ2v) is 6.52. The summed E-state index contributed by atoms with van der Waals surface area (Å²) in [6, 6.07) is 20.7. The highest BCUT2D eigenvalue weighted by atomic mass is 16.6. The topological polar surface area (TPSA) is 88.0 Å². The number of hydrogen-bond acceptors (Lipinski definition) is 5. The molecule has 1 amide bonds. The minimum atomic E-state index is -0.591. The summed E-state index contributed by atoms with van der Waals surface area (Å²) in [4.78, 5) is 12.7. The van der Waals surface area contributed by atoms with Crippen LogP contribution in [0.25, 0.3) is 10.8 Å². The highest BCUT2D eigenvalue weighted by molar-refractivity contribution is 6.00. The number of nitrogens with one attached hydrogen (secondary N) is 1. The number of anilines is 1. The molecule has 0 fully saturated rings. The van der Waals surface area contributed by atoms with Gasteiger partial charge in [-0.15, -0.1) is 0 Å². The molecule has 0 saturated carbocycles. The van der Waals surface area contributed by atoms with Gasteiger partial charge >= 0.3 is 6.09 Å². The Hall–Kier alpha value is -3.09. The van der Waals surface area contributed by atoms with Gasteiger partial charge in [-0.25, -0.2) is 4.79 Å². The average molecular weight is 395 g/mol. The van der Waals surface area contributed by atoms with E-state index in [1.807, 2.05) is 60.7 Å². The minimum Gasteiger partial charge on any atom is -0.491 e. The predicted molar refractivity (Wildman–Crippen MR) is 112 cm³/mol. The molecule has 0 aliphatic heterocycles. The van der Waals surface area contributed by atoms with Crippen LogP contribution in [-0.4, -0.2) is 36.1 Å². The summed E-state index contributed by atoms with van der Waals surface area (Å²) in [6.45, 7) is 0.0223. The van der Waals surface area contributed by atoms with Crippen molar-refractivity contribution in [3.8, 4) is 5.75 Å². The third-order valence-corrected chi connectivity index (χ3v) is 4.51. The molecule has 0 radical (unpaired) electrons. The van der Waals surface area contributed by atoms with E-state index in [1.165, 1.54) is 0 Å². The first-order chi connectivity index (χ1) is 14.2. The van der Waals surface area contributed by atoms with Crippen LogP contribution in [0.1, 0.15) is 24.5 Å². The molecule has 1 atom stereocenters. The van der Waals surface area contributed by atoms with E-state index in [0.29, 0.717) is 29.8 Å². The molecule has 6 heteroatoms. The summed E-state index contributed by atoms with van der Waals surface area (Å²) in [5.41, 5.74) is 1.36. The van der Waals surface area contributed by atoms with E-state index in [9.17, 15) is 9.90 Å². The van der Waals surface area contributed by atoms with Crippen molar-refractivity contribution in [2.75, 3.05) is 25.1 Å². The van der Waals surface area contributed by atoms with Crippen LogP contribution in [-0.2, 0) is 4.74 Å². The van der Waals surface area contributed by atoms with Gasteiger partial charge in [-0.1, -0.05) is 54.6 Å². The second kappa shape index (κ2) is 10.5. The second-order valence-electron chi connectivity index (χ2n) is 6.52. The number of aliphatic hydroxyl groups is 2. The van der Waals surface area contributed by atoms with Gasteiger partial charge in [-0.05, 0) is 30.4 Å². The summed E-state index contributed by atoms with van der Waals surface area (Å²) in [5.74, 6) is 0.544. The van der Waals surface area contributed by atoms with Crippen molar-refractivity contribution in [2.24, 2.45) is 0 Å². The molecule has 0 aliphatic rings. The fourth-order valence-corrected chi connectivity index (χ4v) is 3.19. The lowest BCUT2D eigenvalue weighted by Crippen LogP contribution is -2.19. The first kappa shape index (κ1) is 20.6. The monoisotopic (exact) mass is 395 g/mol. The van der Waals surface area contributed by atoms with Crippen LogP contribution >= 0.6 is 0 Å². The summed E-state index contributed by atoms with van der Waals surface area (Å²) < 4.78 is 11.3. The lowest BCUT2D eigenvalue weighted by Gasteiger charge is -2.21. The molecule has 6 nitrogen and oxygen atoms in total. The van der Waals surface area contributed by atoms with Gasteiger partial charge in [0.2, 0.25) is 0 Å². The van der Waals surface area contributed by atoms with Gasteiger partial charge in [0.25, 0.3) is 0 Å². The van der Waals surface area contributed by atoms with Crippen molar-refractivity contribution < 1.29 is 24.5 Å². The van der Waals surface area contributed by atoms with Crippen LogP contribution in [0.5, 0.6) is 5.75 Å². The predicted octanol–water partition coefficient (Wildman–Crippen LogP) is 4.27. The molecule has 152 valence electrons. The number of aliphatic hydroxyl groups excluding tert-OH is 2. The smallest absolute Gasteiger partial charge is 0.412 e. The number of hydrogen-bond donors (Lipinski definition) is 3. The number of para-hydroxylation sites is 1. The quantitative estimate of drug-likeness (QED) is 0.503.